The van der Waals surface area contributed by atoms with Crippen LogP contribution in [0.5, 0.6) is 0 Å². The highest BCUT2D eigenvalue weighted by molar-refractivity contribution is 7.46. The van der Waals surface area contributed by atoms with Crippen molar-refractivity contribution < 1.29 is 37.9 Å². The number of esters is 2. The van der Waals surface area contributed by atoms with Crippen LogP contribution in [0.25, 0.3) is 0 Å². The van der Waals surface area contributed by atoms with Crippen LogP contribution in [0.1, 0.15) is 213 Å². The molecule has 0 unspecified atom stereocenters. The molecule has 0 saturated carbocycles. The number of carbonyl (C=O) groups excluding carboxylic acids is 2. The van der Waals surface area contributed by atoms with E-state index in [1.165, 1.54) is 135 Å². The molecule has 0 aliphatic carbocycles. The number of unbranched alkanes of at least 4 members (excludes halogenated alkanes) is 24. The van der Waals surface area contributed by atoms with Gasteiger partial charge >= 0.3 is 19.8 Å². The first kappa shape index (κ1) is 51.3. The highest BCUT2D eigenvalue weighted by atomic mass is 31.2. The molecule has 310 valence electrons. The Morgan fingerprint density at radius 1 is 0.491 bits per heavy atom. The highest BCUT2D eigenvalue weighted by Crippen LogP contribution is 2.36. The smallest absolute Gasteiger partial charge is 0.462 e. The van der Waals surface area contributed by atoms with Gasteiger partial charge < -0.3 is 19.3 Å². The number of phosphoric ester groups is 1. The molecule has 1 atom stereocenters. The van der Waals surface area contributed by atoms with E-state index in [1.807, 2.05) is 6.08 Å². The van der Waals surface area contributed by atoms with Gasteiger partial charge in [0.25, 0.3) is 0 Å². The van der Waals surface area contributed by atoms with Crippen molar-refractivity contribution >= 4 is 19.8 Å². The largest absolute Gasteiger partial charge is 0.469 e. The lowest BCUT2D eigenvalue weighted by molar-refractivity contribution is -0.161. The van der Waals surface area contributed by atoms with Crippen LogP contribution < -0.4 is 0 Å². The minimum Gasteiger partial charge on any atom is -0.462 e. The first-order valence-corrected chi connectivity index (χ1v) is 23.3. The van der Waals surface area contributed by atoms with Crippen molar-refractivity contribution in [3.8, 4) is 0 Å². The van der Waals surface area contributed by atoms with E-state index >= 15 is 0 Å². The third-order valence-corrected chi connectivity index (χ3v) is 9.90. The first-order valence-electron chi connectivity index (χ1n) is 21.8. The second-order valence-corrected chi connectivity index (χ2v) is 15.9. The fraction of sp³-hybridized carbons (Fsp3) is 0.818. The fourth-order valence-corrected chi connectivity index (χ4v) is 6.52. The summed E-state index contributed by atoms with van der Waals surface area (Å²) in [4.78, 5) is 42.8. The average Bonchev–Trinajstić information content (AvgIpc) is 3.13. The molecule has 0 amide bonds. The summed E-state index contributed by atoms with van der Waals surface area (Å²) in [5, 5.41) is 0. The minimum atomic E-state index is -4.77. The van der Waals surface area contributed by atoms with Gasteiger partial charge in [-0.05, 0) is 44.9 Å². The fourth-order valence-electron chi connectivity index (χ4n) is 6.15. The van der Waals surface area contributed by atoms with Crippen LogP contribution in [0, 0.1) is 0 Å². The van der Waals surface area contributed by atoms with Gasteiger partial charge in [0.05, 0.1) is 6.61 Å². The van der Waals surface area contributed by atoms with Gasteiger partial charge in [0.15, 0.2) is 6.10 Å². The molecule has 0 aliphatic heterocycles. The van der Waals surface area contributed by atoms with Crippen LogP contribution in [-0.4, -0.2) is 41.0 Å². The average molecular weight is 769 g/mol. The zero-order valence-electron chi connectivity index (χ0n) is 34.2. The van der Waals surface area contributed by atoms with Gasteiger partial charge in [0.1, 0.15) is 6.61 Å². The van der Waals surface area contributed by atoms with Crippen molar-refractivity contribution in [1.29, 1.82) is 0 Å². The molecule has 0 radical (unpaired) electrons. The Morgan fingerprint density at radius 2 is 0.868 bits per heavy atom. The molecule has 0 aromatic carbocycles. The molecule has 0 aromatic heterocycles. The number of phosphoric acid groups is 1. The third-order valence-electron chi connectivity index (χ3n) is 9.41. The molecule has 9 heteroatoms. The van der Waals surface area contributed by atoms with E-state index in [0.717, 1.165) is 38.5 Å². The summed E-state index contributed by atoms with van der Waals surface area (Å²) in [7, 11) is -4.77. The van der Waals surface area contributed by atoms with Crippen LogP contribution >= 0.6 is 7.82 Å². The van der Waals surface area contributed by atoms with Gasteiger partial charge in [0.2, 0.25) is 0 Å². The standard InChI is InChI=1S/C44H81O8P/c1-3-5-7-9-11-13-15-17-19-21-23-24-26-28-30-32-34-36-38-43(45)50-40-42(41-51-53(47,48)49)52-44(46)39-37-35-33-31-29-27-25-22-20-18-16-14-12-10-8-6-4-2/h18,20,25,27,31,33,42H,3-17,19,21-24,26,28-30,32,34-41H2,1-2H3,(H2,47,48,49)/b20-18+,27-25+,33-31+/t42-/m1/s1. The molecule has 0 rings (SSSR count). The molecule has 8 nitrogen and oxygen atoms in total. The summed E-state index contributed by atoms with van der Waals surface area (Å²) < 4.78 is 26.4. The Balaban J connectivity index is 3.95. The molecule has 0 saturated heterocycles. The molecule has 0 fully saturated rings. The minimum absolute atomic E-state index is 0.142. The van der Waals surface area contributed by atoms with Gasteiger partial charge in [-0.1, -0.05) is 192 Å². The predicted octanol–water partition coefficient (Wildman–Crippen LogP) is 13.4. The summed E-state index contributed by atoms with van der Waals surface area (Å²) in [6.45, 7) is 3.66. The van der Waals surface area contributed by atoms with E-state index in [9.17, 15) is 14.2 Å². The normalized spacial score (nSPS) is 12.8. The van der Waals surface area contributed by atoms with Crippen molar-refractivity contribution in [2.45, 2.75) is 219 Å². The molecule has 0 heterocycles. The Kier molecular flexibility index (Phi) is 38.6. The second kappa shape index (κ2) is 39.9. The van der Waals surface area contributed by atoms with Crippen LogP contribution in [0.3, 0.4) is 0 Å². The van der Waals surface area contributed by atoms with Crippen molar-refractivity contribution in [2.24, 2.45) is 0 Å². The van der Waals surface area contributed by atoms with Crippen molar-refractivity contribution in [3.63, 3.8) is 0 Å². The number of ether oxygens (including phenoxy) is 2. The predicted molar refractivity (Wildman–Crippen MR) is 221 cm³/mol. The number of rotatable bonds is 40. The monoisotopic (exact) mass is 769 g/mol. The Morgan fingerprint density at radius 3 is 1.32 bits per heavy atom. The topological polar surface area (TPSA) is 119 Å². The van der Waals surface area contributed by atoms with Gasteiger partial charge in [0, 0.05) is 12.8 Å². The molecule has 0 bridgehead atoms. The van der Waals surface area contributed by atoms with Gasteiger partial charge in [-0.25, -0.2) is 4.57 Å². The maximum atomic E-state index is 12.4. The molecule has 2 N–H and O–H groups in total. The summed E-state index contributed by atoms with van der Waals surface area (Å²) in [6, 6.07) is 0. The van der Waals surface area contributed by atoms with E-state index in [4.69, 9.17) is 19.3 Å². The number of hydrogen-bond donors (Lipinski definition) is 2. The first-order chi connectivity index (χ1) is 25.8. The maximum absolute atomic E-state index is 12.4. The lowest BCUT2D eigenvalue weighted by atomic mass is 10.0. The zero-order valence-corrected chi connectivity index (χ0v) is 35.1. The lowest BCUT2D eigenvalue weighted by Crippen LogP contribution is -2.29. The summed E-state index contributed by atoms with van der Waals surface area (Å²) in [5.41, 5.74) is 0. The summed E-state index contributed by atoms with van der Waals surface area (Å²) >= 11 is 0. The van der Waals surface area contributed by atoms with Crippen LogP contribution in [0.15, 0.2) is 36.5 Å². The quantitative estimate of drug-likeness (QED) is 0.0274. The summed E-state index contributed by atoms with van der Waals surface area (Å²) in [6.07, 6.45) is 47.3. The van der Waals surface area contributed by atoms with E-state index in [-0.39, 0.29) is 19.4 Å². The van der Waals surface area contributed by atoms with E-state index in [1.54, 1.807) is 0 Å². The Hall–Kier alpha value is -1.73. The van der Waals surface area contributed by atoms with E-state index in [0.29, 0.717) is 12.8 Å². The number of allylic oxidation sites excluding steroid dienone is 6. The molecule has 53 heavy (non-hydrogen) atoms. The molecular weight excluding hydrogens is 687 g/mol. The maximum Gasteiger partial charge on any atom is 0.469 e. The van der Waals surface area contributed by atoms with Gasteiger partial charge in [-0.3, -0.25) is 14.1 Å². The molecule has 0 aliphatic rings. The Labute approximate surface area is 325 Å². The highest BCUT2D eigenvalue weighted by Gasteiger charge is 2.22. The van der Waals surface area contributed by atoms with Gasteiger partial charge in [-0.15, -0.1) is 0 Å². The Bertz CT molecular complexity index is 957. The van der Waals surface area contributed by atoms with Crippen molar-refractivity contribution in [2.75, 3.05) is 13.2 Å². The van der Waals surface area contributed by atoms with Crippen LogP contribution in [0.2, 0.25) is 0 Å². The second-order valence-electron chi connectivity index (χ2n) is 14.7. The van der Waals surface area contributed by atoms with Crippen LogP contribution in [-0.2, 0) is 28.2 Å². The zero-order chi connectivity index (χ0) is 38.9. The SMILES string of the molecule is CCCCCCCC/C=C/C/C=C/C/C=C/CCCC(=O)O[C@H](COC(=O)CCCCCCCCCCCCCCCCCCCC)COP(=O)(O)O. The number of hydrogen-bond acceptors (Lipinski definition) is 6. The van der Waals surface area contributed by atoms with E-state index < -0.39 is 32.5 Å². The third kappa shape index (κ3) is 42.9. The molecule has 0 spiro atoms. The molecular formula is C44H81O8P. The van der Waals surface area contributed by atoms with Crippen LogP contribution in [0.4, 0.5) is 0 Å². The van der Waals surface area contributed by atoms with Crippen molar-refractivity contribution in [1.82, 2.24) is 0 Å². The lowest BCUT2D eigenvalue weighted by Gasteiger charge is -2.18. The number of carbonyl (C=O) groups is 2. The van der Waals surface area contributed by atoms with Gasteiger partial charge in [-0.2, -0.15) is 0 Å². The summed E-state index contributed by atoms with van der Waals surface area (Å²) in [5.74, 6) is -0.938. The van der Waals surface area contributed by atoms with E-state index in [2.05, 4.69) is 48.8 Å². The molecule has 0 aromatic rings. The van der Waals surface area contributed by atoms with Crippen molar-refractivity contribution in [3.05, 3.63) is 36.5 Å².